The molecule has 3 rings (SSSR count). The standard InChI is InChI=1S/C20H19ClFN/c1-11(2)18-19(14-6-8-16(22)13(4)10-14)15-7-5-12(3)9-17(15)23-20(18)21/h5-11H,1-4H3. The Hall–Kier alpha value is -1.93. The van der Waals surface area contributed by atoms with Crippen LogP contribution in [-0.2, 0) is 0 Å². The highest BCUT2D eigenvalue weighted by Gasteiger charge is 2.18. The third-order valence-electron chi connectivity index (χ3n) is 4.16. The number of benzene rings is 2. The number of nitrogens with zero attached hydrogens (tertiary/aromatic N) is 1. The van der Waals surface area contributed by atoms with Crippen molar-refractivity contribution in [1.29, 1.82) is 0 Å². The number of hydrogen-bond donors (Lipinski definition) is 0. The SMILES string of the molecule is Cc1ccc2c(-c3ccc(F)c(C)c3)c(C(C)C)c(Cl)nc2c1. The molecule has 0 spiro atoms. The van der Waals surface area contributed by atoms with Crippen molar-refractivity contribution in [2.24, 2.45) is 0 Å². The number of aryl methyl sites for hydroxylation is 2. The maximum atomic E-state index is 13.7. The fourth-order valence-corrected chi connectivity index (χ4v) is 3.40. The zero-order valence-electron chi connectivity index (χ0n) is 13.7. The van der Waals surface area contributed by atoms with Crippen LogP contribution in [0.2, 0.25) is 5.15 Å². The van der Waals surface area contributed by atoms with Crippen LogP contribution in [0.4, 0.5) is 4.39 Å². The van der Waals surface area contributed by atoms with Crippen LogP contribution in [-0.4, -0.2) is 4.98 Å². The summed E-state index contributed by atoms with van der Waals surface area (Å²) < 4.78 is 13.7. The van der Waals surface area contributed by atoms with E-state index in [-0.39, 0.29) is 11.7 Å². The first-order chi connectivity index (χ1) is 10.9. The molecule has 1 heterocycles. The topological polar surface area (TPSA) is 12.9 Å². The Morgan fingerprint density at radius 2 is 1.78 bits per heavy atom. The Kier molecular flexibility index (Phi) is 4.11. The predicted octanol–water partition coefficient (Wildman–Crippen LogP) is 6.43. The molecule has 0 aliphatic carbocycles. The van der Waals surface area contributed by atoms with E-state index < -0.39 is 0 Å². The Bertz CT molecular complexity index is 900. The zero-order chi connectivity index (χ0) is 16.7. The van der Waals surface area contributed by atoms with Gasteiger partial charge >= 0.3 is 0 Å². The van der Waals surface area contributed by atoms with E-state index in [9.17, 15) is 4.39 Å². The van der Waals surface area contributed by atoms with E-state index in [1.165, 1.54) is 6.07 Å². The average Bonchev–Trinajstić information content (AvgIpc) is 2.48. The van der Waals surface area contributed by atoms with Gasteiger partial charge in [0.15, 0.2) is 0 Å². The fourth-order valence-electron chi connectivity index (χ4n) is 3.00. The fraction of sp³-hybridized carbons (Fsp3) is 0.250. The van der Waals surface area contributed by atoms with Crippen molar-refractivity contribution in [3.63, 3.8) is 0 Å². The molecule has 0 radical (unpaired) electrons. The molecule has 3 aromatic rings. The first-order valence-electron chi connectivity index (χ1n) is 7.74. The molecular formula is C20H19ClFN. The monoisotopic (exact) mass is 327 g/mol. The molecule has 0 atom stereocenters. The number of hydrogen-bond acceptors (Lipinski definition) is 1. The van der Waals surface area contributed by atoms with Crippen molar-refractivity contribution >= 4 is 22.5 Å². The summed E-state index contributed by atoms with van der Waals surface area (Å²) in [5.74, 6) is 0.0289. The van der Waals surface area contributed by atoms with Crippen molar-refractivity contribution in [3.8, 4) is 11.1 Å². The smallest absolute Gasteiger partial charge is 0.133 e. The maximum Gasteiger partial charge on any atom is 0.133 e. The third-order valence-corrected chi connectivity index (χ3v) is 4.44. The van der Waals surface area contributed by atoms with Gasteiger partial charge in [0.05, 0.1) is 5.52 Å². The molecule has 0 unspecified atom stereocenters. The minimum Gasteiger partial charge on any atom is -0.236 e. The quantitative estimate of drug-likeness (QED) is 0.494. The molecule has 0 saturated heterocycles. The lowest BCUT2D eigenvalue weighted by atomic mass is 9.90. The highest BCUT2D eigenvalue weighted by molar-refractivity contribution is 6.31. The lowest BCUT2D eigenvalue weighted by Gasteiger charge is -2.18. The van der Waals surface area contributed by atoms with E-state index in [0.29, 0.717) is 10.7 Å². The van der Waals surface area contributed by atoms with Crippen LogP contribution in [0.3, 0.4) is 0 Å². The van der Waals surface area contributed by atoms with E-state index >= 15 is 0 Å². The molecule has 3 heteroatoms. The molecule has 2 aromatic carbocycles. The minimum atomic E-state index is -0.194. The molecule has 0 aliphatic heterocycles. The van der Waals surface area contributed by atoms with Gasteiger partial charge in [0.1, 0.15) is 11.0 Å². The van der Waals surface area contributed by atoms with Gasteiger partial charge in [-0.15, -0.1) is 0 Å². The summed E-state index contributed by atoms with van der Waals surface area (Å²) in [7, 11) is 0. The number of rotatable bonds is 2. The Morgan fingerprint density at radius 1 is 1.04 bits per heavy atom. The number of fused-ring (bicyclic) bond motifs is 1. The zero-order valence-corrected chi connectivity index (χ0v) is 14.5. The van der Waals surface area contributed by atoms with E-state index in [1.54, 1.807) is 6.92 Å². The van der Waals surface area contributed by atoms with Crippen LogP contribution < -0.4 is 0 Å². The number of pyridine rings is 1. The first kappa shape index (κ1) is 15.9. The van der Waals surface area contributed by atoms with Crippen LogP contribution in [0.15, 0.2) is 36.4 Å². The molecule has 0 fully saturated rings. The Morgan fingerprint density at radius 3 is 2.43 bits per heavy atom. The summed E-state index contributed by atoms with van der Waals surface area (Å²) in [6, 6.07) is 11.4. The summed E-state index contributed by atoms with van der Waals surface area (Å²) in [6.07, 6.45) is 0. The van der Waals surface area contributed by atoms with Gasteiger partial charge in [0.2, 0.25) is 0 Å². The molecule has 0 aliphatic rings. The maximum absolute atomic E-state index is 13.7. The Labute approximate surface area is 141 Å². The second kappa shape index (κ2) is 5.93. The summed E-state index contributed by atoms with van der Waals surface area (Å²) >= 11 is 6.49. The second-order valence-electron chi connectivity index (χ2n) is 6.33. The highest BCUT2D eigenvalue weighted by Crippen LogP contribution is 2.39. The summed E-state index contributed by atoms with van der Waals surface area (Å²) in [5, 5.41) is 1.57. The van der Waals surface area contributed by atoms with Crippen molar-refractivity contribution in [1.82, 2.24) is 4.98 Å². The second-order valence-corrected chi connectivity index (χ2v) is 6.69. The Balaban J connectivity index is 2.44. The number of halogens is 2. The van der Waals surface area contributed by atoms with E-state index in [2.05, 4.69) is 31.0 Å². The van der Waals surface area contributed by atoms with Crippen LogP contribution in [0.25, 0.3) is 22.0 Å². The van der Waals surface area contributed by atoms with Crippen molar-refractivity contribution in [2.45, 2.75) is 33.6 Å². The van der Waals surface area contributed by atoms with E-state index in [0.717, 1.165) is 33.2 Å². The molecule has 23 heavy (non-hydrogen) atoms. The third kappa shape index (κ3) is 2.84. The van der Waals surface area contributed by atoms with Gasteiger partial charge < -0.3 is 0 Å². The van der Waals surface area contributed by atoms with Gasteiger partial charge in [0, 0.05) is 10.9 Å². The van der Waals surface area contributed by atoms with Crippen molar-refractivity contribution in [2.75, 3.05) is 0 Å². The van der Waals surface area contributed by atoms with E-state index in [1.807, 2.05) is 25.1 Å². The number of aromatic nitrogens is 1. The summed E-state index contributed by atoms with van der Waals surface area (Å²) in [4.78, 5) is 4.58. The van der Waals surface area contributed by atoms with Gasteiger partial charge in [-0.1, -0.05) is 43.6 Å². The van der Waals surface area contributed by atoms with E-state index in [4.69, 9.17) is 11.6 Å². The lowest BCUT2D eigenvalue weighted by molar-refractivity contribution is 0.619. The van der Waals surface area contributed by atoms with Crippen molar-refractivity contribution < 1.29 is 4.39 Å². The molecule has 118 valence electrons. The van der Waals surface area contributed by atoms with Crippen LogP contribution >= 0.6 is 11.6 Å². The molecule has 0 amide bonds. The highest BCUT2D eigenvalue weighted by atomic mass is 35.5. The first-order valence-corrected chi connectivity index (χ1v) is 8.12. The summed E-state index contributed by atoms with van der Waals surface area (Å²) in [5.41, 5.74) is 5.68. The van der Waals surface area contributed by atoms with Crippen LogP contribution in [0, 0.1) is 19.7 Å². The average molecular weight is 328 g/mol. The lowest BCUT2D eigenvalue weighted by Crippen LogP contribution is -1.99. The predicted molar refractivity (Wildman–Crippen MR) is 95.7 cm³/mol. The molecule has 1 aromatic heterocycles. The molecule has 1 nitrogen and oxygen atoms in total. The van der Waals surface area contributed by atoms with Gasteiger partial charge in [-0.25, -0.2) is 9.37 Å². The molecule has 0 N–H and O–H groups in total. The van der Waals surface area contributed by atoms with Gasteiger partial charge in [-0.3, -0.25) is 0 Å². The molecule has 0 saturated carbocycles. The molecule has 0 bridgehead atoms. The largest absolute Gasteiger partial charge is 0.236 e. The van der Waals surface area contributed by atoms with Gasteiger partial charge in [-0.2, -0.15) is 0 Å². The van der Waals surface area contributed by atoms with Crippen LogP contribution in [0.1, 0.15) is 36.5 Å². The van der Waals surface area contributed by atoms with Gasteiger partial charge in [0.25, 0.3) is 0 Å². The molecular weight excluding hydrogens is 309 g/mol. The normalized spacial score (nSPS) is 11.4. The van der Waals surface area contributed by atoms with Crippen molar-refractivity contribution in [3.05, 3.63) is 64.1 Å². The van der Waals surface area contributed by atoms with Crippen LogP contribution in [0.5, 0.6) is 0 Å². The minimum absolute atomic E-state index is 0.194. The summed E-state index contributed by atoms with van der Waals surface area (Å²) in [6.45, 7) is 8.02. The van der Waals surface area contributed by atoms with Gasteiger partial charge in [-0.05, 0) is 60.2 Å².